The van der Waals surface area contributed by atoms with Gasteiger partial charge in [0, 0.05) is 28.6 Å². The molecule has 2 aromatic carbocycles. The van der Waals surface area contributed by atoms with Crippen LogP contribution in [0.15, 0.2) is 48.5 Å². The van der Waals surface area contributed by atoms with Gasteiger partial charge in [0.1, 0.15) is 11.6 Å². The van der Waals surface area contributed by atoms with Gasteiger partial charge in [0.15, 0.2) is 6.61 Å². The van der Waals surface area contributed by atoms with E-state index in [1.165, 1.54) is 12.1 Å². The van der Waals surface area contributed by atoms with Crippen LogP contribution < -0.4 is 10.1 Å². The van der Waals surface area contributed by atoms with Gasteiger partial charge >= 0.3 is 5.97 Å². The largest absolute Gasteiger partial charge is 0.481 e. The molecule has 0 bridgehead atoms. The monoisotopic (exact) mass is 410 g/mol. The summed E-state index contributed by atoms with van der Waals surface area (Å²) in [6.07, 6.45) is 0. The lowest BCUT2D eigenvalue weighted by Gasteiger charge is -2.13. The minimum atomic E-state index is -0.491. The third-order valence-corrected chi connectivity index (χ3v) is 4.35. The van der Waals surface area contributed by atoms with E-state index in [1.807, 2.05) is 0 Å². The first-order valence-corrected chi connectivity index (χ1v) is 9.67. The quantitative estimate of drug-likeness (QED) is 0.577. The van der Waals surface area contributed by atoms with Crippen molar-refractivity contribution in [3.8, 4) is 17.0 Å². The van der Waals surface area contributed by atoms with Crippen molar-refractivity contribution in [3.05, 3.63) is 54.3 Å². The summed E-state index contributed by atoms with van der Waals surface area (Å²) >= 11 is 0. The highest BCUT2D eigenvalue weighted by Gasteiger charge is 2.14. The van der Waals surface area contributed by atoms with Crippen molar-refractivity contribution in [2.75, 3.05) is 18.5 Å². The molecule has 0 aliphatic rings. The molecule has 0 spiro atoms. The molecule has 1 heterocycles. The van der Waals surface area contributed by atoms with Crippen LogP contribution in [0.2, 0.25) is 0 Å². The van der Waals surface area contributed by atoms with Crippen LogP contribution in [0.25, 0.3) is 22.2 Å². The van der Waals surface area contributed by atoms with Crippen LogP contribution in [0.5, 0.6) is 5.75 Å². The van der Waals surface area contributed by atoms with E-state index in [2.05, 4.69) is 10.3 Å². The van der Waals surface area contributed by atoms with E-state index in [0.717, 1.165) is 0 Å². The van der Waals surface area contributed by atoms with Crippen molar-refractivity contribution >= 4 is 28.5 Å². The molecule has 156 valence electrons. The number of hydrogen-bond acceptors (Lipinski definition) is 5. The lowest BCUT2D eigenvalue weighted by molar-refractivity contribution is -0.145. The van der Waals surface area contributed by atoms with Gasteiger partial charge in [-0.25, -0.2) is 14.2 Å². The summed E-state index contributed by atoms with van der Waals surface area (Å²) in [5, 5.41) is 3.47. The minimum Gasteiger partial charge on any atom is -0.481 e. The molecule has 1 amide bonds. The minimum absolute atomic E-state index is 0.112. The maximum Gasteiger partial charge on any atom is 0.344 e. The van der Waals surface area contributed by atoms with Gasteiger partial charge in [-0.15, -0.1) is 0 Å². The van der Waals surface area contributed by atoms with Crippen molar-refractivity contribution in [2.24, 2.45) is 5.92 Å². The number of carbonyl (C=O) groups excluding carboxylic acids is 2. The highest BCUT2D eigenvalue weighted by Crippen LogP contribution is 2.32. The number of halogens is 1. The van der Waals surface area contributed by atoms with Crippen molar-refractivity contribution in [2.45, 2.75) is 20.8 Å². The summed E-state index contributed by atoms with van der Waals surface area (Å²) in [5.74, 6) is -0.703. The molecular formula is C23H23FN2O4. The molecule has 0 saturated carbocycles. The maximum absolute atomic E-state index is 13.3. The topological polar surface area (TPSA) is 77.5 Å². The molecule has 30 heavy (non-hydrogen) atoms. The molecule has 6 nitrogen and oxygen atoms in total. The van der Waals surface area contributed by atoms with E-state index < -0.39 is 5.97 Å². The third kappa shape index (κ3) is 5.11. The zero-order valence-corrected chi connectivity index (χ0v) is 17.1. The van der Waals surface area contributed by atoms with Gasteiger partial charge in [-0.1, -0.05) is 13.8 Å². The lowest BCUT2D eigenvalue weighted by atomic mass is 10.1. The normalized spacial score (nSPS) is 10.8. The van der Waals surface area contributed by atoms with Crippen molar-refractivity contribution in [3.63, 3.8) is 0 Å². The fraction of sp³-hybridized carbons (Fsp3) is 0.261. The first-order valence-electron chi connectivity index (χ1n) is 9.67. The Balaban J connectivity index is 2.03. The number of carbonyl (C=O) groups is 2. The fourth-order valence-electron chi connectivity index (χ4n) is 2.79. The number of amides is 1. The van der Waals surface area contributed by atoms with E-state index in [9.17, 15) is 14.0 Å². The second-order valence-corrected chi connectivity index (χ2v) is 6.98. The number of ether oxygens (including phenoxy) is 2. The molecule has 7 heteroatoms. The van der Waals surface area contributed by atoms with E-state index in [1.54, 1.807) is 57.2 Å². The number of fused-ring (bicyclic) bond motifs is 1. The molecule has 0 aliphatic heterocycles. The van der Waals surface area contributed by atoms with Gasteiger partial charge in [-0.3, -0.25) is 4.79 Å². The van der Waals surface area contributed by atoms with Crippen molar-refractivity contribution in [1.29, 1.82) is 0 Å². The second kappa shape index (κ2) is 9.35. The Hall–Kier alpha value is -3.48. The van der Waals surface area contributed by atoms with Gasteiger partial charge in [0.05, 0.1) is 17.8 Å². The summed E-state index contributed by atoms with van der Waals surface area (Å²) in [7, 11) is 0. The Kier molecular flexibility index (Phi) is 6.61. The number of aromatic nitrogens is 1. The Morgan fingerprint density at radius 2 is 1.83 bits per heavy atom. The molecule has 0 unspecified atom stereocenters. The third-order valence-electron chi connectivity index (χ3n) is 4.35. The highest BCUT2D eigenvalue weighted by molar-refractivity contribution is 5.96. The standard InChI is InChI=1S/C23H23FN2O4/c1-4-29-22(27)13-30-21-12-20(15-5-7-16(24)8-6-15)26-19-10-9-17(11-18(19)21)25-23(28)14(2)3/h5-12,14H,4,13H2,1-3H3,(H,25,28). The fourth-order valence-corrected chi connectivity index (χ4v) is 2.79. The predicted octanol–water partition coefficient (Wildman–Crippen LogP) is 4.58. The van der Waals surface area contributed by atoms with Crippen molar-refractivity contribution in [1.82, 2.24) is 4.98 Å². The lowest BCUT2D eigenvalue weighted by Crippen LogP contribution is -2.17. The van der Waals surface area contributed by atoms with Crippen LogP contribution in [0.4, 0.5) is 10.1 Å². The zero-order chi connectivity index (χ0) is 21.7. The van der Waals surface area contributed by atoms with Gasteiger partial charge in [0.2, 0.25) is 5.91 Å². The van der Waals surface area contributed by atoms with Gasteiger partial charge in [-0.05, 0) is 49.4 Å². The molecule has 0 fully saturated rings. The number of hydrogen-bond donors (Lipinski definition) is 1. The first-order chi connectivity index (χ1) is 14.4. The Labute approximate surface area is 174 Å². The number of benzene rings is 2. The summed E-state index contributed by atoms with van der Waals surface area (Å²) in [5.41, 5.74) is 2.48. The average Bonchev–Trinajstić information content (AvgIpc) is 2.72. The van der Waals surface area contributed by atoms with Crippen LogP contribution in [-0.2, 0) is 14.3 Å². The highest BCUT2D eigenvalue weighted by atomic mass is 19.1. The molecule has 0 saturated heterocycles. The van der Waals surface area contributed by atoms with Gasteiger partial charge in [0.25, 0.3) is 0 Å². The smallest absolute Gasteiger partial charge is 0.344 e. The first kappa shape index (κ1) is 21.2. The average molecular weight is 410 g/mol. The molecule has 0 aliphatic carbocycles. The Bertz CT molecular complexity index is 1060. The summed E-state index contributed by atoms with van der Waals surface area (Å²) in [6.45, 7) is 5.32. The molecule has 3 rings (SSSR count). The molecular weight excluding hydrogens is 387 g/mol. The number of anilines is 1. The molecule has 0 radical (unpaired) electrons. The summed E-state index contributed by atoms with van der Waals surface area (Å²) in [6, 6.07) is 12.9. The van der Waals surface area contributed by atoms with Crippen LogP contribution in [0.1, 0.15) is 20.8 Å². The van der Waals surface area contributed by atoms with Crippen LogP contribution >= 0.6 is 0 Å². The number of rotatable bonds is 7. The predicted molar refractivity (Wildman–Crippen MR) is 113 cm³/mol. The number of nitrogens with one attached hydrogen (secondary N) is 1. The number of pyridine rings is 1. The van der Waals surface area contributed by atoms with E-state index >= 15 is 0 Å². The molecule has 3 aromatic rings. The summed E-state index contributed by atoms with van der Waals surface area (Å²) < 4.78 is 23.9. The second-order valence-electron chi connectivity index (χ2n) is 6.98. The van der Waals surface area contributed by atoms with Gasteiger partial charge < -0.3 is 14.8 Å². The Morgan fingerprint density at radius 1 is 1.10 bits per heavy atom. The van der Waals surface area contributed by atoms with Crippen LogP contribution in [-0.4, -0.2) is 30.1 Å². The van der Waals surface area contributed by atoms with E-state index in [0.29, 0.717) is 33.6 Å². The van der Waals surface area contributed by atoms with E-state index in [-0.39, 0.29) is 30.9 Å². The molecule has 1 aromatic heterocycles. The van der Waals surface area contributed by atoms with Crippen molar-refractivity contribution < 1.29 is 23.5 Å². The van der Waals surface area contributed by atoms with E-state index in [4.69, 9.17) is 9.47 Å². The maximum atomic E-state index is 13.3. The van der Waals surface area contributed by atoms with Gasteiger partial charge in [-0.2, -0.15) is 0 Å². The Morgan fingerprint density at radius 3 is 2.50 bits per heavy atom. The van der Waals surface area contributed by atoms with Crippen LogP contribution in [0, 0.1) is 11.7 Å². The SMILES string of the molecule is CCOC(=O)COc1cc(-c2ccc(F)cc2)nc2ccc(NC(=O)C(C)C)cc12. The van der Waals surface area contributed by atoms with Crippen LogP contribution in [0.3, 0.4) is 0 Å². The molecule has 1 N–H and O–H groups in total. The molecule has 0 atom stereocenters. The zero-order valence-electron chi connectivity index (χ0n) is 17.1. The summed E-state index contributed by atoms with van der Waals surface area (Å²) in [4.78, 5) is 28.4. The number of nitrogens with zero attached hydrogens (tertiary/aromatic N) is 1. The number of esters is 1.